The molecular weight excluding hydrogens is 328 g/mol. The summed E-state index contributed by atoms with van der Waals surface area (Å²) in [6.45, 7) is 2.18. The van der Waals surface area contributed by atoms with Gasteiger partial charge in [-0.15, -0.1) is 5.10 Å². The van der Waals surface area contributed by atoms with E-state index in [1.165, 1.54) is 18.7 Å². The van der Waals surface area contributed by atoms with Gasteiger partial charge in [-0.25, -0.2) is 0 Å². The molecule has 0 spiro atoms. The lowest BCUT2D eigenvalue weighted by Gasteiger charge is -2.12. The molecule has 0 unspecified atom stereocenters. The summed E-state index contributed by atoms with van der Waals surface area (Å²) in [6.07, 6.45) is 2.79. The standard InChI is InChI=1S/C15H18N6O2S/c1-10(22)17-11-5-4-6-12(9-11)21-15(18-19-20-21)24-13-7-2-3-8-16-14(13)23/h4-6,9,13H,2-3,7-8H2,1H3,(H,16,23)(H,17,22)/t13-/m0/s1. The van der Waals surface area contributed by atoms with Crippen LogP contribution in [0.25, 0.3) is 5.69 Å². The zero-order valence-electron chi connectivity index (χ0n) is 13.2. The summed E-state index contributed by atoms with van der Waals surface area (Å²) in [7, 11) is 0. The minimum absolute atomic E-state index is 0.0269. The lowest BCUT2D eigenvalue weighted by molar-refractivity contribution is -0.120. The summed E-state index contributed by atoms with van der Waals surface area (Å²) in [6, 6.07) is 7.24. The molecule has 2 N–H and O–H groups in total. The number of carbonyl (C=O) groups is 2. The van der Waals surface area contributed by atoms with Gasteiger partial charge in [0.15, 0.2) is 0 Å². The van der Waals surface area contributed by atoms with Crippen molar-refractivity contribution in [3.8, 4) is 5.69 Å². The molecule has 2 heterocycles. The minimum Gasteiger partial charge on any atom is -0.355 e. The normalized spacial score (nSPS) is 17.9. The number of nitrogens with one attached hydrogen (secondary N) is 2. The molecule has 9 heteroatoms. The van der Waals surface area contributed by atoms with Gasteiger partial charge in [-0.1, -0.05) is 24.2 Å². The monoisotopic (exact) mass is 346 g/mol. The first-order chi connectivity index (χ1) is 11.6. The van der Waals surface area contributed by atoms with E-state index in [1.807, 2.05) is 12.1 Å². The fraction of sp³-hybridized carbons (Fsp3) is 0.400. The molecule has 0 bridgehead atoms. The number of carbonyl (C=O) groups excluding carboxylic acids is 2. The number of nitrogens with zero attached hydrogens (tertiary/aromatic N) is 4. The third-order valence-electron chi connectivity index (χ3n) is 3.58. The Kier molecular flexibility index (Phi) is 5.09. The first-order valence-electron chi connectivity index (χ1n) is 7.74. The van der Waals surface area contributed by atoms with Crippen molar-refractivity contribution < 1.29 is 9.59 Å². The fourth-order valence-corrected chi connectivity index (χ4v) is 3.54. The van der Waals surface area contributed by atoms with Gasteiger partial charge in [-0.3, -0.25) is 9.59 Å². The topological polar surface area (TPSA) is 102 Å². The predicted octanol–water partition coefficient (Wildman–Crippen LogP) is 1.38. The van der Waals surface area contributed by atoms with Crippen LogP contribution in [0.4, 0.5) is 5.69 Å². The maximum Gasteiger partial charge on any atom is 0.233 e. The van der Waals surface area contributed by atoms with Crippen molar-refractivity contribution in [1.29, 1.82) is 0 Å². The van der Waals surface area contributed by atoms with Gasteiger partial charge in [0.1, 0.15) is 0 Å². The Hall–Kier alpha value is -2.42. The molecule has 1 saturated heterocycles. The summed E-state index contributed by atoms with van der Waals surface area (Å²) in [5, 5.41) is 17.8. The Morgan fingerprint density at radius 3 is 3.12 bits per heavy atom. The molecular formula is C15H18N6O2S. The fourth-order valence-electron chi connectivity index (χ4n) is 2.48. The second kappa shape index (κ2) is 7.43. The van der Waals surface area contributed by atoms with Crippen LogP contribution in [0.15, 0.2) is 29.4 Å². The van der Waals surface area contributed by atoms with Gasteiger partial charge in [0, 0.05) is 19.2 Å². The average molecular weight is 346 g/mol. The highest BCUT2D eigenvalue weighted by Gasteiger charge is 2.24. The number of hydrogen-bond donors (Lipinski definition) is 2. The smallest absolute Gasteiger partial charge is 0.233 e. The van der Waals surface area contributed by atoms with Crippen LogP contribution in [-0.2, 0) is 9.59 Å². The van der Waals surface area contributed by atoms with Crippen molar-refractivity contribution in [2.75, 3.05) is 11.9 Å². The maximum absolute atomic E-state index is 12.1. The molecule has 1 aliphatic rings. The Bertz CT molecular complexity index is 747. The van der Waals surface area contributed by atoms with Crippen LogP contribution >= 0.6 is 11.8 Å². The van der Waals surface area contributed by atoms with E-state index in [4.69, 9.17) is 0 Å². The van der Waals surface area contributed by atoms with Gasteiger partial charge in [-0.05, 0) is 41.5 Å². The van der Waals surface area contributed by atoms with Crippen LogP contribution in [0.5, 0.6) is 0 Å². The van der Waals surface area contributed by atoms with Crippen LogP contribution in [0, 0.1) is 0 Å². The molecule has 8 nitrogen and oxygen atoms in total. The quantitative estimate of drug-likeness (QED) is 0.867. The van der Waals surface area contributed by atoms with E-state index in [-0.39, 0.29) is 17.1 Å². The molecule has 126 valence electrons. The molecule has 1 aromatic carbocycles. The van der Waals surface area contributed by atoms with Gasteiger partial charge < -0.3 is 10.6 Å². The van der Waals surface area contributed by atoms with E-state index in [9.17, 15) is 9.59 Å². The largest absolute Gasteiger partial charge is 0.355 e. The van der Waals surface area contributed by atoms with E-state index in [1.54, 1.807) is 16.8 Å². The summed E-state index contributed by atoms with van der Waals surface area (Å²) < 4.78 is 1.58. The molecule has 1 atom stereocenters. The third kappa shape index (κ3) is 3.91. The molecule has 0 aliphatic carbocycles. The van der Waals surface area contributed by atoms with Crippen LogP contribution in [0.1, 0.15) is 26.2 Å². The van der Waals surface area contributed by atoms with Gasteiger partial charge >= 0.3 is 0 Å². The average Bonchev–Trinajstić information content (AvgIpc) is 2.91. The van der Waals surface area contributed by atoms with Crippen molar-refractivity contribution >= 4 is 29.3 Å². The number of anilines is 1. The molecule has 2 aromatic rings. The molecule has 1 fully saturated rings. The molecule has 3 rings (SSSR count). The van der Waals surface area contributed by atoms with Crippen LogP contribution in [0.2, 0.25) is 0 Å². The van der Waals surface area contributed by atoms with Gasteiger partial charge in [0.2, 0.25) is 17.0 Å². The van der Waals surface area contributed by atoms with Crippen molar-refractivity contribution in [3.05, 3.63) is 24.3 Å². The lowest BCUT2D eigenvalue weighted by atomic mass is 10.2. The van der Waals surface area contributed by atoms with Crippen LogP contribution in [-0.4, -0.2) is 43.8 Å². The number of tetrazole rings is 1. The zero-order chi connectivity index (χ0) is 16.9. The maximum atomic E-state index is 12.1. The zero-order valence-corrected chi connectivity index (χ0v) is 14.0. The van der Waals surface area contributed by atoms with Crippen molar-refractivity contribution in [2.24, 2.45) is 0 Å². The number of benzene rings is 1. The third-order valence-corrected chi connectivity index (χ3v) is 4.78. The Morgan fingerprint density at radius 2 is 2.29 bits per heavy atom. The second-order valence-corrected chi connectivity index (χ2v) is 6.67. The Balaban J connectivity index is 1.82. The number of thioether (sulfide) groups is 1. The number of rotatable bonds is 4. The Labute approximate surface area is 143 Å². The van der Waals surface area contributed by atoms with E-state index in [0.717, 1.165) is 31.5 Å². The summed E-state index contributed by atoms with van der Waals surface area (Å²) in [5.74, 6) is -0.118. The van der Waals surface area contributed by atoms with Crippen molar-refractivity contribution in [1.82, 2.24) is 25.5 Å². The Morgan fingerprint density at radius 1 is 1.42 bits per heavy atom. The van der Waals surface area contributed by atoms with Gasteiger partial charge in [0.05, 0.1) is 10.9 Å². The molecule has 1 aliphatic heterocycles. The molecule has 2 amide bonds. The first kappa shape index (κ1) is 16.4. The highest BCUT2D eigenvalue weighted by molar-refractivity contribution is 8.00. The lowest BCUT2D eigenvalue weighted by Crippen LogP contribution is -2.30. The number of amides is 2. The van der Waals surface area contributed by atoms with E-state index >= 15 is 0 Å². The van der Waals surface area contributed by atoms with Gasteiger partial charge in [-0.2, -0.15) is 4.68 Å². The van der Waals surface area contributed by atoms with Crippen LogP contribution < -0.4 is 10.6 Å². The molecule has 24 heavy (non-hydrogen) atoms. The van der Waals surface area contributed by atoms with Crippen LogP contribution in [0.3, 0.4) is 0 Å². The summed E-state index contributed by atoms with van der Waals surface area (Å²) in [4.78, 5) is 23.3. The van der Waals surface area contributed by atoms with E-state index in [0.29, 0.717) is 10.8 Å². The highest BCUT2D eigenvalue weighted by atomic mass is 32.2. The molecule has 1 aromatic heterocycles. The summed E-state index contributed by atoms with van der Waals surface area (Å²) >= 11 is 1.36. The predicted molar refractivity (Wildman–Crippen MR) is 90.0 cm³/mol. The first-order valence-corrected chi connectivity index (χ1v) is 8.62. The van der Waals surface area contributed by atoms with E-state index in [2.05, 4.69) is 26.2 Å². The number of hydrogen-bond acceptors (Lipinski definition) is 6. The highest BCUT2D eigenvalue weighted by Crippen LogP contribution is 2.28. The van der Waals surface area contributed by atoms with Crippen molar-refractivity contribution in [3.63, 3.8) is 0 Å². The minimum atomic E-state index is -0.198. The molecule has 0 saturated carbocycles. The summed E-state index contributed by atoms with van der Waals surface area (Å²) in [5.41, 5.74) is 1.39. The van der Waals surface area contributed by atoms with Crippen molar-refractivity contribution in [2.45, 2.75) is 36.6 Å². The van der Waals surface area contributed by atoms with E-state index < -0.39 is 0 Å². The number of aromatic nitrogens is 4. The SMILES string of the molecule is CC(=O)Nc1cccc(-n2nnnc2S[C@H]2CCCCNC2=O)c1. The molecule has 0 radical (unpaired) electrons. The second-order valence-electron chi connectivity index (χ2n) is 5.50. The van der Waals surface area contributed by atoms with Gasteiger partial charge in [0.25, 0.3) is 0 Å².